The average Bonchev–Trinajstić information content (AvgIpc) is 3.95. The van der Waals surface area contributed by atoms with Gasteiger partial charge in [-0.05, 0) is 122 Å². The first-order valence-electron chi connectivity index (χ1n) is 16.3. The Hall–Kier alpha value is -5.70. The van der Waals surface area contributed by atoms with Crippen LogP contribution in [0.15, 0.2) is 36.4 Å². The molecule has 0 amide bonds. The third-order valence-corrected chi connectivity index (χ3v) is 13.0. The number of carbonyl (C=O) groups excluding carboxylic acids is 6. The summed E-state index contributed by atoms with van der Waals surface area (Å²) in [5, 5.41) is 0. The van der Waals surface area contributed by atoms with Gasteiger partial charge in [0, 0.05) is 35.5 Å². The molecule has 0 spiro atoms. The van der Waals surface area contributed by atoms with E-state index in [0.717, 1.165) is 52.6 Å². The van der Waals surface area contributed by atoms with Crippen LogP contribution < -0.4 is 0 Å². The lowest BCUT2D eigenvalue weighted by Gasteiger charge is -2.35. The summed E-state index contributed by atoms with van der Waals surface area (Å²) in [6.45, 7) is 0. The van der Waals surface area contributed by atoms with Gasteiger partial charge in [0.05, 0.1) is 33.4 Å². The smallest absolute Gasteiger partial charge is 0.346 e. The summed E-state index contributed by atoms with van der Waals surface area (Å²) in [5.74, 6) is -3.47. The van der Waals surface area contributed by atoms with Crippen LogP contribution in [0, 0.1) is 0 Å². The van der Waals surface area contributed by atoms with E-state index in [4.69, 9.17) is 14.2 Å². The zero-order valence-corrected chi connectivity index (χ0v) is 24.7. The lowest BCUT2D eigenvalue weighted by Crippen LogP contribution is -2.20. The van der Waals surface area contributed by atoms with E-state index in [0.29, 0.717) is 33.4 Å². The quantitative estimate of drug-likeness (QED) is 0.139. The molecule has 228 valence electrons. The van der Waals surface area contributed by atoms with Gasteiger partial charge in [-0.15, -0.1) is 0 Å². The first-order chi connectivity index (χ1) is 23.3. The molecular weight excluding hydrogens is 612 g/mol. The zero-order chi connectivity index (χ0) is 31.8. The predicted molar refractivity (Wildman–Crippen MR) is 160 cm³/mol. The maximum absolute atomic E-state index is 12.6. The molecule has 0 aromatic heterocycles. The first kappa shape index (κ1) is 24.5. The number of ether oxygens (including phenoxy) is 3. The second kappa shape index (κ2) is 7.23. The van der Waals surface area contributed by atoms with Crippen molar-refractivity contribution in [3.8, 4) is 0 Å². The molecule has 0 unspecified atom stereocenters. The van der Waals surface area contributed by atoms with Crippen LogP contribution in [0.25, 0.3) is 0 Å². The van der Waals surface area contributed by atoms with Crippen molar-refractivity contribution in [3.63, 3.8) is 0 Å². The minimum absolute atomic E-state index is 0.0304. The van der Waals surface area contributed by atoms with Crippen molar-refractivity contribution < 1.29 is 43.0 Å². The maximum Gasteiger partial charge on any atom is 0.346 e. The van der Waals surface area contributed by atoms with Gasteiger partial charge in [-0.25, -0.2) is 28.8 Å². The van der Waals surface area contributed by atoms with Gasteiger partial charge in [0.2, 0.25) is 0 Å². The number of carbonyl (C=O) groups is 6. The summed E-state index contributed by atoms with van der Waals surface area (Å²) < 4.78 is 15.0. The number of hydrogen-bond donors (Lipinski definition) is 0. The lowest BCUT2D eigenvalue weighted by molar-refractivity contribution is 0.0425. The predicted octanol–water partition coefficient (Wildman–Crippen LogP) is 5.56. The van der Waals surface area contributed by atoms with Crippen molar-refractivity contribution in [1.29, 1.82) is 0 Å². The molecule has 6 aliphatic carbocycles. The van der Waals surface area contributed by atoms with Crippen molar-refractivity contribution in [2.24, 2.45) is 0 Å². The van der Waals surface area contributed by atoms with Crippen LogP contribution in [0.5, 0.6) is 0 Å². The Bertz CT molecular complexity index is 2100. The Labute approximate surface area is 269 Å². The molecule has 4 aromatic rings. The number of fused-ring (bicyclic) bond motifs is 30. The highest BCUT2D eigenvalue weighted by molar-refractivity contribution is 6.16. The van der Waals surface area contributed by atoms with Gasteiger partial charge in [0.1, 0.15) is 0 Å². The average molecular weight is 631 g/mol. The largest absolute Gasteiger partial charge is 0.386 e. The van der Waals surface area contributed by atoms with Gasteiger partial charge >= 0.3 is 35.8 Å². The standard InChI is InChI=1S/C39H18O9/c40-34-22-1-10-11(2-23(22)35(41)46-34)17-7-16(10)28-29(17)31-19-9-21(15-6-27-26(5-14(15)19)38(44)48-39(27)45)33(31)32-20-8-18(30(28)32)12-3-24-25(4-13(12)20)37(43)47-36(24)42/h1-6,16-21H,7-9H2/t16-,17+,18+,19-,20-,21+. The van der Waals surface area contributed by atoms with E-state index in [1.54, 1.807) is 0 Å². The Balaban J connectivity index is 1.09. The van der Waals surface area contributed by atoms with E-state index in [2.05, 4.69) is 0 Å². The van der Waals surface area contributed by atoms with E-state index in [1.165, 1.54) is 33.4 Å². The molecule has 6 bridgehead atoms. The molecule has 4 aromatic carbocycles. The van der Waals surface area contributed by atoms with Crippen LogP contribution in [0.3, 0.4) is 0 Å². The molecule has 6 atom stereocenters. The van der Waals surface area contributed by atoms with E-state index in [1.807, 2.05) is 36.4 Å². The monoisotopic (exact) mass is 630 g/mol. The Morgan fingerprint density at radius 3 is 0.646 bits per heavy atom. The Kier molecular flexibility index (Phi) is 3.69. The highest BCUT2D eigenvalue weighted by Gasteiger charge is 2.58. The van der Waals surface area contributed by atoms with Crippen molar-refractivity contribution in [2.45, 2.75) is 54.8 Å². The van der Waals surface area contributed by atoms with E-state index in [-0.39, 0.29) is 35.5 Å². The number of hydrogen-bond acceptors (Lipinski definition) is 9. The molecule has 3 aliphatic heterocycles. The second-order valence-corrected chi connectivity index (χ2v) is 14.6. The van der Waals surface area contributed by atoms with Crippen molar-refractivity contribution in [2.75, 3.05) is 0 Å². The molecule has 3 heterocycles. The third kappa shape index (κ3) is 2.36. The molecule has 48 heavy (non-hydrogen) atoms. The van der Waals surface area contributed by atoms with E-state index < -0.39 is 35.8 Å². The summed E-state index contributed by atoms with van der Waals surface area (Å²) in [6, 6.07) is 11.2. The van der Waals surface area contributed by atoms with E-state index in [9.17, 15) is 28.8 Å². The van der Waals surface area contributed by atoms with Crippen LogP contribution in [-0.4, -0.2) is 35.8 Å². The molecule has 9 aliphatic rings. The molecule has 0 radical (unpaired) electrons. The van der Waals surface area contributed by atoms with Gasteiger partial charge in [-0.1, -0.05) is 0 Å². The minimum Gasteiger partial charge on any atom is -0.386 e. The van der Waals surface area contributed by atoms with Gasteiger partial charge < -0.3 is 14.2 Å². The van der Waals surface area contributed by atoms with Crippen molar-refractivity contribution in [3.05, 3.63) is 137 Å². The normalized spacial score (nSPS) is 28.5. The van der Waals surface area contributed by atoms with Crippen molar-refractivity contribution in [1.82, 2.24) is 0 Å². The van der Waals surface area contributed by atoms with Crippen LogP contribution >= 0.6 is 0 Å². The fourth-order valence-corrected chi connectivity index (χ4v) is 11.5. The Morgan fingerprint density at radius 1 is 0.312 bits per heavy atom. The fraction of sp³-hybridized carbons (Fsp3) is 0.231. The summed E-state index contributed by atoms with van der Waals surface area (Å²) in [5.41, 5.74) is 16.1. The highest BCUT2D eigenvalue weighted by Crippen LogP contribution is 2.72. The number of rotatable bonds is 0. The molecule has 9 heteroatoms. The fourth-order valence-electron chi connectivity index (χ4n) is 11.5. The van der Waals surface area contributed by atoms with Gasteiger partial charge in [-0.3, -0.25) is 0 Å². The zero-order valence-electron chi connectivity index (χ0n) is 24.7. The summed E-state index contributed by atoms with van der Waals surface area (Å²) in [4.78, 5) is 75.7. The molecule has 9 nitrogen and oxygen atoms in total. The maximum atomic E-state index is 12.6. The van der Waals surface area contributed by atoms with Gasteiger partial charge in [0.15, 0.2) is 0 Å². The molecule has 0 saturated carbocycles. The molecule has 13 rings (SSSR count). The summed E-state index contributed by atoms with van der Waals surface area (Å²) >= 11 is 0. The van der Waals surface area contributed by atoms with Crippen LogP contribution in [0.4, 0.5) is 0 Å². The lowest BCUT2D eigenvalue weighted by atomic mass is 9.68. The summed E-state index contributed by atoms with van der Waals surface area (Å²) in [7, 11) is 0. The van der Waals surface area contributed by atoms with E-state index >= 15 is 0 Å². The molecule has 0 N–H and O–H groups in total. The summed E-state index contributed by atoms with van der Waals surface area (Å²) in [6.07, 6.45) is 2.51. The SMILES string of the molecule is O=C1OC(=O)c2cc3c(cc21)[C@H]1C[C@@H]3c2c1c1c(c3c2[C@@H]2C[C@H]3c3cc4c(cc32)C(=O)OC4=O)[C@@H]2C[C@H]1c1cc3c(cc12)C(=O)OC3=O. The minimum atomic E-state index is -0.610. The number of benzene rings is 4. The van der Waals surface area contributed by atoms with Crippen molar-refractivity contribution >= 4 is 35.8 Å². The van der Waals surface area contributed by atoms with Crippen LogP contribution in [0.1, 0.15) is 184 Å². The molecule has 0 fully saturated rings. The third-order valence-electron chi connectivity index (χ3n) is 13.0. The number of cyclic esters (lactones) is 6. The van der Waals surface area contributed by atoms with Crippen LogP contribution in [0.2, 0.25) is 0 Å². The van der Waals surface area contributed by atoms with Gasteiger partial charge in [-0.2, -0.15) is 0 Å². The molecule has 0 saturated heterocycles. The first-order valence-corrected chi connectivity index (χ1v) is 16.3. The highest BCUT2D eigenvalue weighted by atomic mass is 16.6. The number of esters is 6. The second-order valence-electron chi connectivity index (χ2n) is 14.6. The Morgan fingerprint density at radius 2 is 0.479 bits per heavy atom. The topological polar surface area (TPSA) is 130 Å². The molecular formula is C39H18O9. The van der Waals surface area contributed by atoms with Crippen LogP contribution in [-0.2, 0) is 14.2 Å². The van der Waals surface area contributed by atoms with Gasteiger partial charge in [0.25, 0.3) is 0 Å².